The Morgan fingerprint density at radius 1 is 1.45 bits per heavy atom. The Bertz CT molecular complexity index is 822. The van der Waals surface area contributed by atoms with Crippen molar-refractivity contribution >= 4 is 20.7 Å². The maximum absolute atomic E-state index is 12.4. The smallest absolute Gasteiger partial charge is 0.258 e. The van der Waals surface area contributed by atoms with Crippen LogP contribution < -0.4 is 5.56 Å². The van der Waals surface area contributed by atoms with Crippen LogP contribution in [0.15, 0.2) is 22.1 Å². The van der Waals surface area contributed by atoms with Gasteiger partial charge in [0, 0.05) is 6.61 Å². The summed E-state index contributed by atoms with van der Waals surface area (Å²) in [4.78, 5) is 22.5. The van der Waals surface area contributed by atoms with Crippen molar-refractivity contribution in [2.45, 2.75) is 23.6 Å². The standard InChI is InChI=1S/C12H13N3O4S/c1-7-14-10-5-13-11(4-9(10)12(16)15-7)20(17,18)8-2-3-19-6-8/h4-5,8H,2-3,6H2,1H3,(H,14,15,16)/t8-/m1/s1. The molecule has 0 unspecified atom stereocenters. The van der Waals surface area contributed by atoms with Crippen molar-refractivity contribution in [3.05, 3.63) is 28.4 Å². The summed E-state index contributed by atoms with van der Waals surface area (Å²) in [6.07, 6.45) is 1.77. The van der Waals surface area contributed by atoms with Crippen LogP contribution in [-0.4, -0.2) is 41.8 Å². The third-order valence-electron chi connectivity index (χ3n) is 3.30. The fraction of sp³-hybridized carbons (Fsp3) is 0.417. The maximum Gasteiger partial charge on any atom is 0.258 e. The normalized spacial score (nSPS) is 19.6. The van der Waals surface area contributed by atoms with Crippen LogP contribution in [0.2, 0.25) is 0 Å². The van der Waals surface area contributed by atoms with Crippen LogP contribution in [-0.2, 0) is 14.6 Å². The SMILES string of the molecule is Cc1nc2cnc(S(=O)(=O)[C@@H]3CCOC3)cc2c(=O)[nH]1. The molecule has 106 valence electrons. The first-order chi connectivity index (χ1) is 9.48. The lowest BCUT2D eigenvalue weighted by Gasteiger charge is -2.09. The number of H-pyrrole nitrogens is 1. The molecule has 1 fully saturated rings. The van der Waals surface area contributed by atoms with Gasteiger partial charge in [0.2, 0.25) is 9.84 Å². The van der Waals surface area contributed by atoms with Crippen molar-refractivity contribution in [1.29, 1.82) is 0 Å². The third kappa shape index (κ3) is 2.10. The zero-order valence-corrected chi connectivity index (χ0v) is 11.6. The molecule has 0 bridgehead atoms. The van der Waals surface area contributed by atoms with Crippen LogP contribution in [0, 0.1) is 6.92 Å². The van der Waals surface area contributed by atoms with E-state index in [-0.39, 0.29) is 22.6 Å². The van der Waals surface area contributed by atoms with E-state index in [1.54, 1.807) is 6.92 Å². The molecule has 0 radical (unpaired) electrons. The zero-order valence-electron chi connectivity index (χ0n) is 10.8. The molecule has 8 heteroatoms. The second-order valence-corrected chi connectivity index (χ2v) is 6.90. The quantitative estimate of drug-likeness (QED) is 0.848. The number of hydrogen-bond acceptors (Lipinski definition) is 6. The first kappa shape index (κ1) is 13.2. The number of aryl methyl sites for hydroxylation is 1. The molecule has 1 aliphatic rings. The molecule has 0 aromatic carbocycles. The molecule has 7 nitrogen and oxygen atoms in total. The van der Waals surface area contributed by atoms with Gasteiger partial charge in [0.25, 0.3) is 5.56 Å². The molecule has 0 aliphatic carbocycles. The number of ether oxygens (including phenoxy) is 1. The van der Waals surface area contributed by atoms with Gasteiger partial charge >= 0.3 is 0 Å². The molecule has 1 atom stereocenters. The lowest BCUT2D eigenvalue weighted by atomic mass is 10.3. The van der Waals surface area contributed by atoms with Gasteiger partial charge in [-0.15, -0.1) is 0 Å². The molecular weight excluding hydrogens is 282 g/mol. The van der Waals surface area contributed by atoms with Crippen LogP contribution in [0.1, 0.15) is 12.2 Å². The highest BCUT2D eigenvalue weighted by Gasteiger charge is 2.32. The van der Waals surface area contributed by atoms with Crippen molar-refractivity contribution in [3.63, 3.8) is 0 Å². The number of aromatic nitrogens is 3. The van der Waals surface area contributed by atoms with E-state index in [4.69, 9.17) is 4.74 Å². The van der Waals surface area contributed by atoms with Gasteiger partial charge in [-0.1, -0.05) is 0 Å². The van der Waals surface area contributed by atoms with Crippen molar-refractivity contribution in [2.75, 3.05) is 13.2 Å². The highest BCUT2D eigenvalue weighted by Crippen LogP contribution is 2.22. The summed E-state index contributed by atoms with van der Waals surface area (Å²) in [5.74, 6) is 0.462. The fourth-order valence-electron chi connectivity index (χ4n) is 2.22. The number of rotatable bonds is 2. The highest BCUT2D eigenvalue weighted by atomic mass is 32.2. The topological polar surface area (TPSA) is 102 Å². The zero-order chi connectivity index (χ0) is 14.3. The van der Waals surface area contributed by atoms with Crippen molar-refractivity contribution in [1.82, 2.24) is 15.0 Å². The van der Waals surface area contributed by atoms with E-state index < -0.39 is 15.1 Å². The van der Waals surface area contributed by atoms with E-state index in [1.165, 1.54) is 12.3 Å². The van der Waals surface area contributed by atoms with Gasteiger partial charge in [-0.2, -0.15) is 0 Å². The van der Waals surface area contributed by atoms with Crippen molar-refractivity contribution in [3.8, 4) is 0 Å². The van der Waals surface area contributed by atoms with E-state index in [0.29, 0.717) is 24.4 Å². The Balaban J connectivity index is 2.16. The summed E-state index contributed by atoms with van der Waals surface area (Å²) in [6.45, 7) is 2.25. The summed E-state index contributed by atoms with van der Waals surface area (Å²) < 4.78 is 29.9. The Hall–Kier alpha value is -1.80. The largest absolute Gasteiger partial charge is 0.380 e. The van der Waals surface area contributed by atoms with E-state index in [0.717, 1.165) is 0 Å². The summed E-state index contributed by atoms with van der Waals surface area (Å²) in [5.41, 5.74) is 0.0156. The first-order valence-corrected chi connectivity index (χ1v) is 7.71. The monoisotopic (exact) mass is 295 g/mol. The molecule has 1 saturated heterocycles. The first-order valence-electron chi connectivity index (χ1n) is 6.17. The molecule has 20 heavy (non-hydrogen) atoms. The van der Waals surface area contributed by atoms with Gasteiger partial charge in [0.05, 0.1) is 29.0 Å². The van der Waals surface area contributed by atoms with Crippen molar-refractivity contribution < 1.29 is 13.2 Å². The van der Waals surface area contributed by atoms with E-state index in [1.807, 2.05) is 0 Å². The number of hydrogen-bond donors (Lipinski definition) is 1. The number of nitrogens with zero attached hydrogens (tertiary/aromatic N) is 2. The Kier molecular flexibility index (Phi) is 3.06. The average molecular weight is 295 g/mol. The van der Waals surface area contributed by atoms with Gasteiger partial charge in [-0.05, 0) is 19.4 Å². The number of aromatic amines is 1. The van der Waals surface area contributed by atoms with Crippen LogP contribution >= 0.6 is 0 Å². The molecule has 1 aliphatic heterocycles. The lowest BCUT2D eigenvalue weighted by molar-refractivity contribution is 0.198. The number of nitrogens with one attached hydrogen (secondary N) is 1. The predicted octanol–water partition coefficient (Wildman–Crippen LogP) is 0.189. The Morgan fingerprint density at radius 3 is 2.95 bits per heavy atom. The molecule has 2 aromatic rings. The van der Waals surface area contributed by atoms with Crippen LogP contribution in [0.3, 0.4) is 0 Å². The molecule has 2 aromatic heterocycles. The molecule has 0 saturated carbocycles. The third-order valence-corrected chi connectivity index (χ3v) is 5.36. The lowest BCUT2D eigenvalue weighted by Crippen LogP contribution is -2.23. The van der Waals surface area contributed by atoms with Gasteiger partial charge in [0.1, 0.15) is 5.82 Å². The number of fused-ring (bicyclic) bond motifs is 1. The predicted molar refractivity (Wildman–Crippen MR) is 71.3 cm³/mol. The molecule has 0 amide bonds. The van der Waals surface area contributed by atoms with E-state index in [9.17, 15) is 13.2 Å². The minimum atomic E-state index is -3.57. The van der Waals surface area contributed by atoms with E-state index >= 15 is 0 Å². The fourth-order valence-corrected chi connectivity index (χ4v) is 3.73. The molecular formula is C12H13N3O4S. The van der Waals surface area contributed by atoms with Crippen LogP contribution in [0.25, 0.3) is 10.9 Å². The molecule has 3 rings (SSSR count). The highest BCUT2D eigenvalue weighted by molar-refractivity contribution is 7.92. The number of pyridine rings is 1. The maximum atomic E-state index is 12.4. The van der Waals surface area contributed by atoms with Gasteiger partial charge in [0.15, 0.2) is 5.03 Å². The van der Waals surface area contributed by atoms with Gasteiger partial charge in [-0.3, -0.25) is 4.79 Å². The van der Waals surface area contributed by atoms with Gasteiger partial charge < -0.3 is 9.72 Å². The summed E-state index contributed by atoms with van der Waals surface area (Å²) >= 11 is 0. The minimum absolute atomic E-state index is 0.100. The Labute approximate surface area is 114 Å². The van der Waals surface area contributed by atoms with Crippen LogP contribution in [0.5, 0.6) is 0 Å². The summed E-state index contributed by atoms with van der Waals surface area (Å²) in [6, 6.07) is 1.29. The van der Waals surface area contributed by atoms with Crippen LogP contribution in [0.4, 0.5) is 0 Å². The molecule has 1 N–H and O–H groups in total. The second-order valence-electron chi connectivity index (χ2n) is 4.72. The summed E-state index contributed by atoms with van der Waals surface area (Å²) in [5, 5.41) is -0.468. The molecule has 0 spiro atoms. The minimum Gasteiger partial charge on any atom is -0.380 e. The molecule has 3 heterocycles. The second kappa shape index (κ2) is 4.64. The van der Waals surface area contributed by atoms with Gasteiger partial charge in [-0.25, -0.2) is 18.4 Å². The average Bonchev–Trinajstić information content (AvgIpc) is 2.92. The number of sulfone groups is 1. The van der Waals surface area contributed by atoms with Crippen molar-refractivity contribution in [2.24, 2.45) is 0 Å². The summed E-state index contributed by atoms with van der Waals surface area (Å²) in [7, 11) is -3.57. The Morgan fingerprint density at radius 2 is 2.25 bits per heavy atom. The van der Waals surface area contributed by atoms with E-state index in [2.05, 4.69) is 15.0 Å².